The van der Waals surface area contributed by atoms with Crippen molar-refractivity contribution in [2.75, 3.05) is 46.9 Å². The van der Waals surface area contributed by atoms with Gasteiger partial charge in [-0.3, -0.25) is 24.6 Å². The number of piperidine rings is 2. The number of benzene rings is 2. The Morgan fingerprint density at radius 1 is 1.06 bits per heavy atom. The van der Waals surface area contributed by atoms with Crippen molar-refractivity contribution in [3.05, 3.63) is 64.9 Å². The Bertz CT molecular complexity index is 1710. The maximum atomic E-state index is 15.4. The van der Waals surface area contributed by atoms with Gasteiger partial charge in [0.2, 0.25) is 11.8 Å². The minimum atomic E-state index is -0.669. The summed E-state index contributed by atoms with van der Waals surface area (Å²) in [6, 6.07) is 8.19. The third-order valence-corrected chi connectivity index (χ3v) is 9.89. The van der Waals surface area contributed by atoms with Crippen LogP contribution < -0.4 is 10.1 Å². The summed E-state index contributed by atoms with van der Waals surface area (Å²) in [5.74, 6) is -0.172. The van der Waals surface area contributed by atoms with E-state index in [1.165, 1.54) is 4.90 Å². The lowest BCUT2D eigenvalue weighted by atomic mass is 10.0. The lowest BCUT2D eigenvalue weighted by molar-refractivity contribution is -0.136. The minimum absolute atomic E-state index is 0.0746. The van der Waals surface area contributed by atoms with Crippen molar-refractivity contribution in [2.45, 2.75) is 63.6 Å². The van der Waals surface area contributed by atoms with Crippen LogP contribution in [0.5, 0.6) is 5.75 Å². The fraction of sp³-hybridized carbons (Fsp3) is 0.514. The van der Waals surface area contributed by atoms with Crippen molar-refractivity contribution in [2.24, 2.45) is 5.92 Å². The van der Waals surface area contributed by atoms with Gasteiger partial charge < -0.3 is 24.0 Å². The molecule has 5 heterocycles. The van der Waals surface area contributed by atoms with Gasteiger partial charge in [-0.25, -0.2) is 14.4 Å². The number of likely N-dealkylation sites (tertiary alicyclic amines) is 2. The molecule has 3 atom stereocenters. The maximum absolute atomic E-state index is 15.4. The normalized spacial score (nSPS) is 24.0. The summed E-state index contributed by atoms with van der Waals surface area (Å²) < 4.78 is 33.4. The number of ether oxygens (including phenoxy) is 3. The summed E-state index contributed by atoms with van der Waals surface area (Å²) in [6.07, 6.45) is 4.11. The van der Waals surface area contributed by atoms with Crippen LogP contribution in [0.1, 0.15) is 53.0 Å². The third-order valence-electron chi connectivity index (χ3n) is 9.89. The zero-order valence-electron chi connectivity index (χ0n) is 27.3. The van der Waals surface area contributed by atoms with Gasteiger partial charge in [0.1, 0.15) is 35.8 Å². The van der Waals surface area contributed by atoms with Crippen LogP contribution in [0.4, 0.5) is 4.39 Å². The van der Waals surface area contributed by atoms with Crippen LogP contribution in [0.15, 0.2) is 36.5 Å². The van der Waals surface area contributed by atoms with E-state index in [0.29, 0.717) is 60.7 Å². The number of halogens is 1. The zero-order chi connectivity index (χ0) is 33.4. The quantitative estimate of drug-likeness (QED) is 0.325. The highest BCUT2D eigenvalue weighted by Crippen LogP contribution is 2.32. The van der Waals surface area contributed by atoms with Crippen molar-refractivity contribution in [1.82, 2.24) is 30.0 Å². The van der Waals surface area contributed by atoms with Gasteiger partial charge in [-0.2, -0.15) is 0 Å². The predicted octanol–water partition coefficient (Wildman–Crippen LogP) is 2.67. The molecule has 4 aliphatic rings. The molecule has 48 heavy (non-hydrogen) atoms. The molecular weight excluding hydrogens is 619 g/mol. The number of carbonyl (C=O) groups excluding carboxylic acids is 3. The summed E-state index contributed by atoms with van der Waals surface area (Å²) in [7, 11) is 3.77. The minimum Gasteiger partial charge on any atom is -0.489 e. The molecule has 3 fully saturated rings. The van der Waals surface area contributed by atoms with E-state index in [9.17, 15) is 14.4 Å². The first-order valence-corrected chi connectivity index (χ1v) is 16.6. The molecule has 1 N–H and O–H groups in total. The molecule has 3 amide bonds. The van der Waals surface area contributed by atoms with E-state index in [-0.39, 0.29) is 55.3 Å². The lowest BCUT2D eigenvalue weighted by Gasteiger charge is -2.29. The van der Waals surface area contributed by atoms with Crippen LogP contribution in [0.3, 0.4) is 0 Å². The van der Waals surface area contributed by atoms with Crippen LogP contribution in [0.25, 0.3) is 10.9 Å². The Balaban J connectivity index is 0.988. The summed E-state index contributed by atoms with van der Waals surface area (Å²) in [5.41, 5.74) is 2.43. The second-order valence-electron chi connectivity index (χ2n) is 13.4. The first-order chi connectivity index (χ1) is 23.2. The highest BCUT2D eigenvalue weighted by Gasteiger charge is 2.40. The molecule has 0 bridgehead atoms. The molecule has 7 rings (SSSR count). The van der Waals surface area contributed by atoms with E-state index in [0.717, 1.165) is 37.1 Å². The summed E-state index contributed by atoms with van der Waals surface area (Å²) in [5, 5.41) is 2.98. The van der Waals surface area contributed by atoms with Crippen LogP contribution in [-0.4, -0.2) is 108 Å². The Kier molecular flexibility index (Phi) is 9.36. The smallest absolute Gasteiger partial charge is 0.255 e. The number of nitrogens with one attached hydrogen (secondary N) is 1. The average molecular weight is 661 g/mol. The van der Waals surface area contributed by atoms with Gasteiger partial charge in [0.15, 0.2) is 5.82 Å². The first kappa shape index (κ1) is 32.5. The number of hydrogen-bond acceptors (Lipinski definition) is 10. The molecule has 254 valence electrons. The first-order valence-electron chi connectivity index (χ1n) is 16.6. The third kappa shape index (κ3) is 6.91. The van der Waals surface area contributed by atoms with E-state index >= 15 is 4.39 Å². The predicted molar refractivity (Wildman–Crippen MR) is 172 cm³/mol. The van der Waals surface area contributed by atoms with Crippen LogP contribution in [-0.2, 0) is 38.8 Å². The molecule has 12 nitrogen and oxygen atoms in total. The maximum Gasteiger partial charge on any atom is 0.255 e. The number of rotatable bonds is 10. The Morgan fingerprint density at radius 3 is 2.69 bits per heavy atom. The number of carbonyl (C=O) groups is 3. The number of nitrogens with zero attached hydrogens (tertiary/aromatic N) is 5. The zero-order valence-corrected chi connectivity index (χ0v) is 27.3. The molecule has 0 radical (unpaired) electrons. The van der Waals surface area contributed by atoms with Gasteiger partial charge in [0.05, 0.1) is 12.7 Å². The second kappa shape index (κ2) is 13.8. The number of imide groups is 1. The second-order valence-corrected chi connectivity index (χ2v) is 13.4. The van der Waals surface area contributed by atoms with Gasteiger partial charge >= 0.3 is 0 Å². The fourth-order valence-corrected chi connectivity index (χ4v) is 7.32. The summed E-state index contributed by atoms with van der Waals surface area (Å²) in [4.78, 5) is 52.1. The van der Waals surface area contributed by atoms with E-state index < -0.39 is 11.9 Å². The van der Waals surface area contributed by atoms with Gasteiger partial charge in [-0.15, -0.1) is 0 Å². The molecule has 13 heteroatoms. The van der Waals surface area contributed by atoms with Crippen molar-refractivity contribution < 1.29 is 33.0 Å². The fourth-order valence-electron chi connectivity index (χ4n) is 7.32. The highest BCUT2D eigenvalue weighted by molar-refractivity contribution is 6.05. The van der Waals surface area contributed by atoms with Crippen molar-refractivity contribution in [3.8, 4) is 5.75 Å². The van der Waals surface area contributed by atoms with Crippen molar-refractivity contribution in [3.63, 3.8) is 0 Å². The van der Waals surface area contributed by atoms with E-state index in [1.54, 1.807) is 31.5 Å². The van der Waals surface area contributed by atoms with E-state index in [4.69, 9.17) is 14.2 Å². The van der Waals surface area contributed by atoms with Gasteiger partial charge in [0.25, 0.3) is 5.91 Å². The Hall–Kier alpha value is -4.04. The van der Waals surface area contributed by atoms with Gasteiger partial charge in [0, 0.05) is 75.9 Å². The number of methoxy groups -OCH3 is 1. The molecule has 1 aromatic heterocycles. The number of aromatic nitrogens is 2. The lowest BCUT2D eigenvalue weighted by Crippen LogP contribution is -2.52. The number of amides is 3. The topological polar surface area (TPSA) is 126 Å². The molecule has 3 aromatic rings. The molecule has 4 aliphatic heterocycles. The highest BCUT2D eigenvalue weighted by atomic mass is 19.1. The van der Waals surface area contributed by atoms with Gasteiger partial charge in [-0.05, 0) is 67.8 Å². The van der Waals surface area contributed by atoms with E-state index in [2.05, 4.69) is 32.1 Å². The Labute approximate surface area is 278 Å². The Morgan fingerprint density at radius 2 is 1.90 bits per heavy atom. The molecule has 0 spiro atoms. The van der Waals surface area contributed by atoms with E-state index in [1.807, 2.05) is 12.1 Å². The van der Waals surface area contributed by atoms with Crippen LogP contribution in [0.2, 0.25) is 0 Å². The SMILES string of the molecule is COC[C@@H]1CN(Cc2cc(F)c3nc(COC4CCN(C)CC4)ncc3c2)C[C@H]1Oc1ccc2c(c1)CN([C@H]1CCC(=O)NC1=O)C2=O. The molecule has 0 aliphatic carbocycles. The van der Waals surface area contributed by atoms with Crippen LogP contribution >= 0.6 is 0 Å². The monoisotopic (exact) mass is 660 g/mol. The molecule has 2 aromatic carbocycles. The summed E-state index contributed by atoms with van der Waals surface area (Å²) in [6.45, 7) is 4.87. The molecule has 0 saturated carbocycles. The average Bonchev–Trinajstić information content (AvgIpc) is 3.59. The standard InChI is InChI=1S/C35H41FN6O6/c1-40-9-7-25(8-10-40)47-20-31-37-14-22-11-21(12-28(36)33(22)38-31)15-41-16-24(19-46-2)30(18-41)48-26-3-4-27-23(13-26)17-42(35(27)45)29-5-6-32(43)39-34(29)44/h3-4,11-14,24-25,29-30H,5-10,15-20H2,1-2H3,(H,39,43,44)/t24-,29-,30+/m0/s1. The largest absolute Gasteiger partial charge is 0.489 e. The van der Waals surface area contributed by atoms with Gasteiger partial charge in [-0.1, -0.05) is 0 Å². The molecule has 3 saturated heterocycles. The van der Waals surface area contributed by atoms with Crippen LogP contribution in [0, 0.1) is 11.7 Å². The molecular formula is C35H41FN6O6. The number of hydrogen-bond donors (Lipinski definition) is 1. The molecule has 0 unspecified atom stereocenters. The summed E-state index contributed by atoms with van der Waals surface area (Å²) >= 11 is 0. The number of fused-ring (bicyclic) bond motifs is 2. The van der Waals surface area contributed by atoms with Crippen molar-refractivity contribution >= 4 is 28.6 Å². The van der Waals surface area contributed by atoms with Crippen molar-refractivity contribution in [1.29, 1.82) is 0 Å².